The van der Waals surface area contributed by atoms with Gasteiger partial charge in [-0.25, -0.2) is 19.3 Å². The molecule has 1 saturated heterocycles. The van der Waals surface area contributed by atoms with Gasteiger partial charge < -0.3 is 9.80 Å². The number of rotatable bonds is 2. The van der Waals surface area contributed by atoms with Crippen LogP contribution in [0.5, 0.6) is 0 Å². The lowest BCUT2D eigenvalue weighted by Gasteiger charge is -2.37. The fourth-order valence-corrected chi connectivity index (χ4v) is 2.90. The summed E-state index contributed by atoms with van der Waals surface area (Å²) in [5.41, 5.74) is 1.53. The second kappa shape index (κ2) is 6.87. The van der Waals surface area contributed by atoms with Crippen molar-refractivity contribution < 1.29 is 4.39 Å². The van der Waals surface area contributed by atoms with Crippen LogP contribution in [0.3, 0.4) is 0 Å². The highest BCUT2D eigenvalue weighted by atomic mass is 19.1. The number of halogens is 1. The number of aromatic nitrogens is 3. The van der Waals surface area contributed by atoms with E-state index in [0.29, 0.717) is 36.1 Å². The lowest BCUT2D eigenvalue weighted by atomic mass is 9.95. The van der Waals surface area contributed by atoms with E-state index in [1.165, 1.54) is 0 Å². The van der Waals surface area contributed by atoms with Crippen LogP contribution in [0.1, 0.15) is 38.0 Å². The summed E-state index contributed by atoms with van der Waals surface area (Å²) in [6, 6.07) is 5.63. The molecule has 1 aliphatic heterocycles. The molecule has 136 valence electrons. The van der Waals surface area contributed by atoms with Crippen molar-refractivity contribution in [1.29, 1.82) is 5.26 Å². The second-order valence-electron chi connectivity index (χ2n) is 7.51. The van der Waals surface area contributed by atoms with Gasteiger partial charge in [0, 0.05) is 31.6 Å². The average molecular weight is 354 g/mol. The van der Waals surface area contributed by atoms with Crippen molar-refractivity contribution in [3.05, 3.63) is 41.4 Å². The summed E-state index contributed by atoms with van der Waals surface area (Å²) in [5.74, 6) is 0.705. The minimum atomic E-state index is -0.341. The predicted molar refractivity (Wildman–Crippen MR) is 98.8 cm³/mol. The summed E-state index contributed by atoms with van der Waals surface area (Å²) in [6.45, 7) is 10.6. The summed E-state index contributed by atoms with van der Waals surface area (Å²) in [5, 5.41) is 8.85. The SMILES string of the molecule is Cc1nc(C(C)(C)C)nc(N2CCN(c3ccc(C#N)nc3)CC2)c1F. The van der Waals surface area contributed by atoms with Gasteiger partial charge in [0.15, 0.2) is 11.6 Å². The fraction of sp³-hybridized carbons (Fsp3) is 0.474. The highest BCUT2D eigenvalue weighted by Gasteiger charge is 2.26. The Morgan fingerprint density at radius 2 is 1.73 bits per heavy atom. The topological polar surface area (TPSA) is 68.9 Å². The molecule has 0 aromatic carbocycles. The van der Waals surface area contributed by atoms with Gasteiger partial charge in [0.05, 0.1) is 17.6 Å². The van der Waals surface area contributed by atoms with Crippen LogP contribution in [-0.2, 0) is 5.41 Å². The molecule has 0 amide bonds. The zero-order valence-corrected chi connectivity index (χ0v) is 15.6. The van der Waals surface area contributed by atoms with Gasteiger partial charge in [-0.15, -0.1) is 0 Å². The monoisotopic (exact) mass is 354 g/mol. The van der Waals surface area contributed by atoms with Crippen LogP contribution in [0.15, 0.2) is 18.3 Å². The van der Waals surface area contributed by atoms with E-state index in [1.807, 2.05) is 37.8 Å². The van der Waals surface area contributed by atoms with Crippen molar-refractivity contribution in [2.75, 3.05) is 36.0 Å². The third-order valence-electron chi connectivity index (χ3n) is 4.48. The molecular weight excluding hydrogens is 331 g/mol. The molecule has 2 aromatic heterocycles. The Morgan fingerprint density at radius 3 is 2.27 bits per heavy atom. The van der Waals surface area contributed by atoms with E-state index >= 15 is 0 Å². The van der Waals surface area contributed by atoms with Crippen LogP contribution in [0.4, 0.5) is 15.9 Å². The van der Waals surface area contributed by atoms with Crippen LogP contribution >= 0.6 is 0 Å². The van der Waals surface area contributed by atoms with E-state index in [1.54, 1.807) is 19.2 Å². The van der Waals surface area contributed by atoms with Crippen LogP contribution in [0.2, 0.25) is 0 Å². The van der Waals surface area contributed by atoms with E-state index in [-0.39, 0.29) is 11.2 Å². The molecule has 26 heavy (non-hydrogen) atoms. The fourth-order valence-electron chi connectivity index (χ4n) is 2.90. The highest BCUT2D eigenvalue weighted by molar-refractivity contribution is 5.50. The van der Waals surface area contributed by atoms with Gasteiger partial charge in [-0.2, -0.15) is 5.26 Å². The number of aryl methyl sites for hydroxylation is 1. The Balaban J connectivity index is 1.77. The first kappa shape index (κ1) is 18.1. The van der Waals surface area contributed by atoms with Gasteiger partial charge in [0.2, 0.25) is 0 Å². The van der Waals surface area contributed by atoms with Crippen molar-refractivity contribution >= 4 is 11.5 Å². The molecule has 7 heteroatoms. The van der Waals surface area contributed by atoms with E-state index in [0.717, 1.165) is 18.8 Å². The molecule has 0 bridgehead atoms. The minimum absolute atomic E-state index is 0.233. The Kier molecular flexibility index (Phi) is 4.77. The van der Waals surface area contributed by atoms with Crippen molar-refractivity contribution in [3.8, 4) is 6.07 Å². The zero-order valence-electron chi connectivity index (χ0n) is 15.6. The average Bonchev–Trinajstić information content (AvgIpc) is 2.63. The van der Waals surface area contributed by atoms with Gasteiger partial charge in [-0.3, -0.25) is 0 Å². The molecule has 0 radical (unpaired) electrons. The van der Waals surface area contributed by atoms with E-state index in [4.69, 9.17) is 5.26 Å². The minimum Gasteiger partial charge on any atom is -0.367 e. The standard InChI is InChI=1S/C19H23FN6/c1-13-16(20)17(24-18(23-13)19(2,3)4)26-9-7-25(8-10-26)15-6-5-14(11-21)22-12-15/h5-6,12H,7-10H2,1-4H3. The summed E-state index contributed by atoms with van der Waals surface area (Å²) < 4.78 is 14.6. The molecule has 3 heterocycles. The predicted octanol–water partition coefficient (Wildman–Crippen LogP) is 2.81. The zero-order chi connectivity index (χ0) is 18.9. The maximum Gasteiger partial charge on any atom is 0.186 e. The van der Waals surface area contributed by atoms with Crippen molar-refractivity contribution in [3.63, 3.8) is 0 Å². The Bertz CT molecular complexity index is 827. The number of nitrogens with zero attached hydrogens (tertiary/aromatic N) is 6. The molecule has 1 fully saturated rings. The number of anilines is 2. The first-order valence-electron chi connectivity index (χ1n) is 8.70. The molecule has 0 N–H and O–H groups in total. The molecule has 0 spiro atoms. The van der Waals surface area contributed by atoms with Gasteiger partial charge in [-0.05, 0) is 19.1 Å². The smallest absolute Gasteiger partial charge is 0.186 e. The van der Waals surface area contributed by atoms with E-state index < -0.39 is 0 Å². The first-order valence-corrected chi connectivity index (χ1v) is 8.70. The second-order valence-corrected chi connectivity index (χ2v) is 7.51. The summed E-state index contributed by atoms with van der Waals surface area (Å²) in [4.78, 5) is 17.1. The van der Waals surface area contributed by atoms with Gasteiger partial charge in [0.25, 0.3) is 0 Å². The number of piperazine rings is 1. The maximum absolute atomic E-state index is 14.6. The van der Waals surface area contributed by atoms with Crippen LogP contribution < -0.4 is 9.80 Å². The number of nitriles is 1. The quantitative estimate of drug-likeness (QED) is 0.826. The number of pyridine rings is 1. The molecule has 1 aliphatic rings. The Labute approximate surface area is 153 Å². The molecule has 3 rings (SSSR count). The molecular formula is C19H23FN6. The lowest BCUT2D eigenvalue weighted by molar-refractivity contribution is 0.516. The third-order valence-corrected chi connectivity index (χ3v) is 4.48. The van der Waals surface area contributed by atoms with Crippen molar-refractivity contribution in [1.82, 2.24) is 15.0 Å². The van der Waals surface area contributed by atoms with Crippen LogP contribution in [0.25, 0.3) is 0 Å². The van der Waals surface area contributed by atoms with Gasteiger partial charge in [0.1, 0.15) is 17.6 Å². The molecule has 0 unspecified atom stereocenters. The van der Waals surface area contributed by atoms with E-state index in [2.05, 4.69) is 19.9 Å². The molecule has 0 saturated carbocycles. The van der Waals surface area contributed by atoms with Gasteiger partial charge in [-0.1, -0.05) is 20.8 Å². The van der Waals surface area contributed by atoms with Crippen molar-refractivity contribution in [2.45, 2.75) is 33.1 Å². The summed E-state index contributed by atoms with van der Waals surface area (Å²) in [6.07, 6.45) is 1.71. The van der Waals surface area contributed by atoms with Crippen molar-refractivity contribution in [2.24, 2.45) is 0 Å². The van der Waals surface area contributed by atoms with Crippen LogP contribution in [-0.4, -0.2) is 41.1 Å². The molecule has 0 atom stereocenters. The number of hydrogen-bond acceptors (Lipinski definition) is 6. The summed E-state index contributed by atoms with van der Waals surface area (Å²) in [7, 11) is 0. The normalized spacial score (nSPS) is 15.1. The van der Waals surface area contributed by atoms with Crippen LogP contribution in [0, 0.1) is 24.1 Å². The van der Waals surface area contributed by atoms with Gasteiger partial charge >= 0.3 is 0 Å². The first-order chi connectivity index (χ1) is 12.3. The highest BCUT2D eigenvalue weighted by Crippen LogP contribution is 2.26. The summed E-state index contributed by atoms with van der Waals surface area (Å²) >= 11 is 0. The lowest BCUT2D eigenvalue weighted by Crippen LogP contribution is -2.47. The Hall–Kier alpha value is -2.75. The van der Waals surface area contributed by atoms with E-state index in [9.17, 15) is 4.39 Å². The molecule has 6 nitrogen and oxygen atoms in total. The third kappa shape index (κ3) is 3.59. The molecule has 0 aliphatic carbocycles. The number of hydrogen-bond donors (Lipinski definition) is 0. The largest absolute Gasteiger partial charge is 0.367 e. The maximum atomic E-state index is 14.6. The Morgan fingerprint density at radius 1 is 1.08 bits per heavy atom. The molecule has 2 aromatic rings.